The first-order valence-corrected chi connectivity index (χ1v) is 7.87. The molecule has 21 heavy (non-hydrogen) atoms. The van der Waals surface area contributed by atoms with E-state index in [1.165, 1.54) is 11.5 Å². The molecule has 4 nitrogen and oxygen atoms in total. The lowest BCUT2D eigenvalue weighted by molar-refractivity contribution is -0.00548. The summed E-state index contributed by atoms with van der Waals surface area (Å²) in [5, 5.41) is 10.4. The summed E-state index contributed by atoms with van der Waals surface area (Å²) >= 11 is 1.17. The molecule has 1 N–H and O–H groups in total. The van der Waals surface area contributed by atoms with E-state index in [4.69, 9.17) is 4.74 Å². The summed E-state index contributed by atoms with van der Waals surface area (Å²) in [5.41, 5.74) is 1.92. The zero-order valence-corrected chi connectivity index (χ0v) is 13.2. The number of halogens is 1. The number of nitrogens with zero attached hydrogens (tertiary/aromatic N) is 2. The lowest BCUT2D eigenvalue weighted by Gasteiger charge is -2.37. The molecular weight excluding hydrogens is 291 g/mol. The van der Waals surface area contributed by atoms with E-state index in [0.717, 1.165) is 11.1 Å². The highest BCUT2D eigenvalue weighted by molar-refractivity contribution is 7.13. The van der Waals surface area contributed by atoms with E-state index in [2.05, 4.69) is 4.37 Å². The number of aliphatic hydroxyl groups excluding tert-OH is 1. The second-order valence-corrected chi connectivity index (χ2v) is 6.44. The minimum atomic E-state index is -0.275. The number of hydrogen-bond acceptors (Lipinski definition) is 5. The first-order valence-electron chi connectivity index (χ1n) is 7.10. The van der Waals surface area contributed by atoms with E-state index in [1.807, 2.05) is 31.7 Å². The third-order valence-corrected chi connectivity index (χ3v) is 4.79. The quantitative estimate of drug-likeness (QED) is 0.926. The van der Waals surface area contributed by atoms with Crippen molar-refractivity contribution in [3.63, 3.8) is 0 Å². The molecule has 1 saturated heterocycles. The molecule has 0 spiro atoms. The number of fused-ring (bicyclic) bond motifs is 1. The number of benzene rings is 1. The first kappa shape index (κ1) is 14.7. The molecule has 0 unspecified atom stereocenters. The van der Waals surface area contributed by atoms with Gasteiger partial charge in [0, 0.05) is 24.0 Å². The first-order chi connectivity index (χ1) is 10.0. The SMILES string of the molecule is Cc1nsc2c(F)c(N3C[C@@H](C)O[C@@H](C)C3)c(CO)cc12. The Bertz CT molecular complexity index is 663. The molecule has 2 atom stereocenters. The number of aryl methyl sites for hydroxylation is 1. The highest BCUT2D eigenvalue weighted by Crippen LogP contribution is 2.36. The summed E-state index contributed by atoms with van der Waals surface area (Å²) in [7, 11) is 0. The maximum absolute atomic E-state index is 14.9. The number of anilines is 1. The van der Waals surface area contributed by atoms with Crippen LogP contribution < -0.4 is 4.90 Å². The van der Waals surface area contributed by atoms with Crippen LogP contribution in [0.25, 0.3) is 10.1 Å². The molecular formula is C15H19FN2O2S. The lowest BCUT2D eigenvalue weighted by atomic mass is 10.1. The van der Waals surface area contributed by atoms with Crippen molar-refractivity contribution in [2.45, 2.75) is 39.6 Å². The van der Waals surface area contributed by atoms with Gasteiger partial charge in [0.25, 0.3) is 0 Å². The molecule has 0 saturated carbocycles. The Morgan fingerprint density at radius 3 is 2.71 bits per heavy atom. The Kier molecular flexibility index (Phi) is 3.86. The molecule has 1 aromatic carbocycles. The van der Waals surface area contributed by atoms with Crippen molar-refractivity contribution in [3.8, 4) is 0 Å². The van der Waals surface area contributed by atoms with Crippen LogP contribution in [0.5, 0.6) is 0 Å². The van der Waals surface area contributed by atoms with Crippen molar-refractivity contribution in [1.29, 1.82) is 0 Å². The molecule has 1 aliphatic rings. The largest absolute Gasteiger partial charge is 0.392 e. The smallest absolute Gasteiger partial charge is 0.166 e. The van der Waals surface area contributed by atoms with Crippen molar-refractivity contribution in [1.82, 2.24) is 4.37 Å². The summed E-state index contributed by atoms with van der Waals surface area (Å²) < 4.78 is 25.4. The minimum absolute atomic E-state index is 0.0404. The van der Waals surface area contributed by atoms with Crippen molar-refractivity contribution in [3.05, 3.63) is 23.1 Å². The van der Waals surface area contributed by atoms with Crippen molar-refractivity contribution in [2.24, 2.45) is 0 Å². The van der Waals surface area contributed by atoms with Crippen LogP contribution in [-0.4, -0.2) is 34.8 Å². The standard InChI is InChI=1S/C15H19FN2O2S/c1-8-5-18(6-9(2)20-8)14-11(7-19)4-12-10(3)17-21-15(12)13(14)16/h4,8-9,19H,5-7H2,1-3H3/t8-,9+. The Balaban J connectivity index is 2.14. The number of aliphatic hydroxyl groups is 1. The van der Waals surface area contributed by atoms with E-state index in [9.17, 15) is 9.50 Å². The number of morpholine rings is 1. The Morgan fingerprint density at radius 1 is 1.43 bits per heavy atom. The molecule has 1 aromatic heterocycles. The molecule has 1 aliphatic heterocycles. The molecule has 0 radical (unpaired) electrons. The van der Waals surface area contributed by atoms with Gasteiger partial charge in [-0.3, -0.25) is 0 Å². The minimum Gasteiger partial charge on any atom is -0.392 e. The molecule has 2 aromatic rings. The van der Waals surface area contributed by atoms with Gasteiger partial charge >= 0.3 is 0 Å². The lowest BCUT2D eigenvalue weighted by Crippen LogP contribution is -2.46. The Labute approximate surface area is 127 Å². The predicted octanol–water partition coefficient (Wildman–Crippen LogP) is 2.85. The van der Waals surface area contributed by atoms with E-state index >= 15 is 0 Å². The average Bonchev–Trinajstić information content (AvgIpc) is 2.79. The Hall–Kier alpha value is -1.24. The van der Waals surface area contributed by atoms with Crippen molar-refractivity contribution in [2.75, 3.05) is 18.0 Å². The second-order valence-electron chi connectivity index (χ2n) is 5.66. The highest BCUT2D eigenvalue weighted by atomic mass is 32.1. The van der Waals surface area contributed by atoms with Crippen LogP contribution in [-0.2, 0) is 11.3 Å². The third kappa shape index (κ3) is 2.52. The van der Waals surface area contributed by atoms with Gasteiger partial charge in [0.05, 0.1) is 34.9 Å². The van der Waals surface area contributed by atoms with Gasteiger partial charge in [-0.25, -0.2) is 4.39 Å². The summed E-state index contributed by atoms with van der Waals surface area (Å²) in [6, 6.07) is 1.86. The Morgan fingerprint density at radius 2 is 2.10 bits per heavy atom. The van der Waals surface area contributed by atoms with Crippen molar-refractivity contribution >= 4 is 27.3 Å². The molecule has 3 rings (SSSR count). The van der Waals surface area contributed by atoms with Gasteiger partial charge in [-0.05, 0) is 38.4 Å². The van der Waals surface area contributed by atoms with Gasteiger partial charge in [-0.15, -0.1) is 0 Å². The second kappa shape index (κ2) is 5.51. The summed E-state index contributed by atoms with van der Waals surface area (Å²) in [6.45, 7) is 6.88. The molecule has 0 aliphatic carbocycles. The van der Waals surface area contributed by atoms with Crippen LogP contribution in [0.3, 0.4) is 0 Å². The van der Waals surface area contributed by atoms with E-state index in [0.29, 0.717) is 29.0 Å². The molecule has 114 valence electrons. The number of hydrogen-bond donors (Lipinski definition) is 1. The van der Waals surface area contributed by atoms with Gasteiger partial charge in [0.1, 0.15) is 0 Å². The van der Waals surface area contributed by atoms with Crippen molar-refractivity contribution < 1.29 is 14.2 Å². The number of ether oxygens (including phenoxy) is 1. The van der Waals surface area contributed by atoms with Crippen LogP contribution in [0.2, 0.25) is 0 Å². The molecule has 1 fully saturated rings. The van der Waals surface area contributed by atoms with Crippen LogP contribution in [0.1, 0.15) is 25.1 Å². The van der Waals surface area contributed by atoms with E-state index < -0.39 is 0 Å². The topological polar surface area (TPSA) is 45.6 Å². The fourth-order valence-electron chi connectivity index (χ4n) is 3.02. The third-order valence-electron chi connectivity index (χ3n) is 3.84. The fourth-order valence-corrected chi connectivity index (χ4v) is 3.83. The van der Waals surface area contributed by atoms with Gasteiger partial charge in [-0.2, -0.15) is 4.37 Å². The summed E-state index contributed by atoms with van der Waals surface area (Å²) in [5.74, 6) is -0.275. The molecule has 2 heterocycles. The van der Waals surface area contributed by atoms with Crippen LogP contribution >= 0.6 is 11.5 Å². The molecule has 0 amide bonds. The zero-order chi connectivity index (χ0) is 15.1. The maximum Gasteiger partial charge on any atom is 0.166 e. The maximum atomic E-state index is 14.9. The van der Waals surface area contributed by atoms with Crippen LogP contribution in [0.15, 0.2) is 6.07 Å². The van der Waals surface area contributed by atoms with Gasteiger partial charge in [-0.1, -0.05) is 0 Å². The summed E-state index contributed by atoms with van der Waals surface area (Å²) in [6.07, 6.45) is 0.0807. The van der Waals surface area contributed by atoms with Gasteiger partial charge < -0.3 is 14.7 Å². The predicted molar refractivity (Wildman–Crippen MR) is 82.5 cm³/mol. The van der Waals surface area contributed by atoms with Gasteiger partial charge in [0.15, 0.2) is 5.82 Å². The van der Waals surface area contributed by atoms with Crippen LogP contribution in [0, 0.1) is 12.7 Å². The fraction of sp³-hybridized carbons (Fsp3) is 0.533. The van der Waals surface area contributed by atoms with Crippen LogP contribution in [0.4, 0.5) is 10.1 Å². The highest BCUT2D eigenvalue weighted by Gasteiger charge is 2.28. The normalized spacial score (nSPS) is 23.0. The summed E-state index contributed by atoms with van der Waals surface area (Å²) in [4.78, 5) is 1.98. The number of aromatic nitrogens is 1. The average molecular weight is 310 g/mol. The zero-order valence-electron chi connectivity index (χ0n) is 12.4. The monoisotopic (exact) mass is 310 g/mol. The van der Waals surface area contributed by atoms with E-state index in [-0.39, 0.29) is 24.6 Å². The molecule has 6 heteroatoms. The van der Waals surface area contributed by atoms with Gasteiger partial charge in [0.2, 0.25) is 0 Å². The van der Waals surface area contributed by atoms with E-state index in [1.54, 1.807) is 0 Å². The number of rotatable bonds is 2. The molecule has 0 bridgehead atoms.